The molecule has 4 rings (SSSR count). The molecule has 3 N–H and O–H groups in total. The molecule has 150 valence electrons. The van der Waals surface area contributed by atoms with Crippen LogP contribution < -0.4 is 10.6 Å². The zero-order valence-corrected chi connectivity index (χ0v) is 15.9. The number of benzene rings is 2. The van der Waals surface area contributed by atoms with Crippen molar-refractivity contribution in [2.24, 2.45) is 0 Å². The Bertz CT molecular complexity index is 1190. The van der Waals surface area contributed by atoms with E-state index in [-0.39, 0.29) is 17.9 Å². The first kappa shape index (κ1) is 19.3. The predicted octanol–water partition coefficient (Wildman–Crippen LogP) is 3.68. The maximum absolute atomic E-state index is 13.5. The van der Waals surface area contributed by atoms with Gasteiger partial charge in [0.15, 0.2) is 0 Å². The summed E-state index contributed by atoms with van der Waals surface area (Å²) in [5, 5.41) is 6.50. The van der Waals surface area contributed by atoms with Gasteiger partial charge in [-0.05, 0) is 42.0 Å². The van der Waals surface area contributed by atoms with E-state index in [0.717, 1.165) is 22.5 Å². The quantitative estimate of drug-likeness (QED) is 0.460. The largest absolute Gasteiger partial charge is 0.361 e. The molecule has 2 aromatic carbocycles. The summed E-state index contributed by atoms with van der Waals surface area (Å²) < 4.78 is 13.5. The first-order valence-electron chi connectivity index (χ1n) is 9.42. The number of hydrogen-bond acceptors (Lipinski definition) is 3. The number of hydrogen-bond donors (Lipinski definition) is 3. The number of nitrogens with zero attached hydrogens (tertiary/aromatic N) is 1. The molecule has 0 aliphatic rings. The van der Waals surface area contributed by atoms with Crippen molar-refractivity contribution in [3.63, 3.8) is 0 Å². The van der Waals surface area contributed by atoms with E-state index in [1.54, 1.807) is 24.5 Å². The molecule has 2 heterocycles. The highest BCUT2D eigenvalue weighted by Gasteiger charge is 2.23. The molecule has 0 aliphatic carbocycles. The molecule has 0 radical (unpaired) electrons. The predicted molar refractivity (Wildman–Crippen MR) is 113 cm³/mol. The van der Waals surface area contributed by atoms with Crippen LogP contribution in [0, 0.1) is 5.82 Å². The number of aromatic amines is 1. The molecular weight excluding hydrogens is 383 g/mol. The lowest BCUT2D eigenvalue weighted by Gasteiger charge is -2.18. The second-order valence-corrected chi connectivity index (χ2v) is 6.83. The molecule has 1 atom stereocenters. The van der Waals surface area contributed by atoms with Crippen molar-refractivity contribution in [3.8, 4) is 0 Å². The number of para-hydroxylation sites is 1. The average Bonchev–Trinajstić information content (AvgIpc) is 3.17. The van der Waals surface area contributed by atoms with E-state index >= 15 is 0 Å². The third-order valence-electron chi connectivity index (χ3n) is 4.76. The van der Waals surface area contributed by atoms with E-state index in [1.165, 1.54) is 18.2 Å². The van der Waals surface area contributed by atoms with Gasteiger partial charge >= 0.3 is 0 Å². The number of halogens is 1. The van der Waals surface area contributed by atoms with Crippen molar-refractivity contribution < 1.29 is 14.0 Å². The SMILES string of the molecule is O=C(N[C@@H](Cc1c[nH]c2ccccc12)C(=O)Nc1ccncc1)c1cccc(F)c1. The molecule has 0 aliphatic heterocycles. The Kier molecular flexibility index (Phi) is 5.52. The number of rotatable bonds is 6. The number of nitrogens with one attached hydrogen (secondary N) is 3. The molecule has 2 amide bonds. The van der Waals surface area contributed by atoms with Crippen molar-refractivity contribution in [1.82, 2.24) is 15.3 Å². The number of fused-ring (bicyclic) bond motifs is 1. The molecule has 30 heavy (non-hydrogen) atoms. The summed E-state index contributed by atoms with van der Waals surface area (Å²) in [6, 6.07) is 15.5. The van der Waals surface area contributed by atoms with E-state index < -0.39 is 17.8 Å². The molecule has 0 spiro atoms. The van der Waals surface area contributed by atoms with Gasteiger partial charge in [0.2, 0.25) is 5.91 Å². The first-order valence-corrected chi connectivity index (χ1v) is 9.42. The van der Waals surface area contributed by atoms with Gasteiger partial charge in [-0.1, -0.05) is 24.3 Å². The number of carbonyl (C=O) groups is 2. The van der Waals surface area contributed by atoms with Crippen molar-refractivity contribution in [1.29, 1.82) is 0 Å². The van der Waals surface area contributed by atoms with Crippen LogP contribution in [0.15, 0.2) is 79.3 Å². The summed E-state index contributed by atoms with van der Waals surface area (Å²) in [5.41, 5.74) is 2.55. The summed E-state index contributed by atoms with van der Waals surface area (Å²) >= 11 is 0. The molecular formula is C23H19FN4O2. The first-order chi connectivity index (χ1) is 14.6. The van der Waals surface area contributed by atoms with Crippen LogP contribution >= 0.6 is 0 Å². The molecule has 2 aromatic heterocycles. The molecule has 0 unspecified atom stereocenters. The van der Waals surface area contributed by atoms with Crippen LogP contribution in [0.4, 0.5) is 10.1 Å². The van der Waals surface area contributed by atoms with Crippen LogP contribution in [-0.2, 0) is 11.2 Å². The van der Waals surface area contributed by atoms with Gasteiger partial charge in [-0.2, -0.15) is 0 Å². The highest BCUT2D eigenvalue weighted by Crippen LogP contribution is 2.20. The summed E-state index contributed by atoms with van der Waals surface area (Å²) in [7, 11) is 0. The van der Waals surface area contributed by atoms with Gasteiger partial charge in [0.05, 0.1) is 0 Å². The number of H-pyrrole nitrogens is 1. The van der Waals surface area contributed by atoms with Crippen LogP contribution in [0.1, 0.15) is 15.9 Å². The Morgan fingerprint density at radius 1 is 1.03 bits per heavy atom. The molecule has 0 saturated carbocycles. The maximum Gasteiger partial charge on any atom is 0.252 e. The Morgan fingerprint density at radius 3 is 2.63 bits per heavy atom. The van der Waals surface area contributed by atoms with Crippen LogP contribution in [-0.4, -0.2) is 27.8 Å². The number of carbonyl (C=O) groups excluding carboxylic acids is 2. The van der Waals surface area contributed by atoms with Crippen molar-refractivity contribution in [2.75, 3.05) is 5.32 Å². The van der Waals surface area contributed by atoms with Crippen LogP contribution in [0.2, 0.25) is 0 Å². The zero-order chi connectivity index (χ0) is 20.9. The van der Waals surface area contributed by atoms with E-state index in [2.05, 4.69) is 20.6 Å². The van der Waals surface area contributed by atoms with Crippen molar-refractivity contribution in [2.45, 2.75) is 12.5 Å². The lowest BCUT2D eigenvalue weighted by atomic mass is 10.0. The summed E-state index contributed by atoms with van der Waals surface area (Å²) in [6.07, 6.45) is 5.22. The fraction of sp³-hybridized carbons (Fsp3) is 0.0870. The molecule has 0 bridgehead atoms. The van der Waals surface area contributed by atoms with Gasteiger partial charge in [-0.3, -0.25) is 14.6 Å². The maximum atomic E-state index is 13.5. The van der Waals surface area contributed by atoms with Crippen molar-refractivity contribution in [3.05, 3.63) is 96.2 Å². The standard InChI is InChI=1S/C23H19FN4O2/c24-17-5-3-4-15(12-17)22(29)28-21(23(30)27-18-8-10-25-11-9-18)13-16-14-26-20-7-2-1-6-19(16)20/h1-12,14,21,26H,13H2,(H,28,29)(H,25,27,30)/t21-/m0/s1. The fourth-order valence-corrected chi connectivity index (χ4v) is 3.27. The summed E-state index contributed by atoms with van der Waals surface area (Å²) in [5.74, 6) is -1.42. The fourth-order valence-electron chi connectivity index (χ4n) is 3.27. The Hall–Kier alpha value is -4.00. The number of pyridine rings is 1. The third-order valence-corrected chi connectivity index (χ3v) is 4.76. The number of anilines is 1. The second-order valence-electron chi connectivity index (χ2n) is 6.83. The molecule has 6 nitrogen and oxygen atoms in total. The molecule has 7 heteroatoms. The monoisotopic (exact) mass is 402 g/mol. The zero-order valence-electron chi connectivity index (χ0n) is 15.9. The van der Waals surface area contributed by atoms with E-state index in [0.29, 0.717) is 5.69 Å². The topological polar surface area (TPSA) is 86.9 Å². The molecule has 4 aromatic rings. The van der Waals surface area contributed by atoms with Crippen molar-refractivity contribution >= 4 is 28.4 Å². The minimum atomic E-state index is -0.867. The minimum Gasteiger partial charge on any atom is -0.361 e. The van der Waals surface area contributed by atoms with Gasteiger partial charge in [0.25, 0.3) is 5.91 Å². The number of aromatic nitrogens is 2. The minimum absolute atomic E-state index is 0.149. The number of amides is 2. The van der Waals surface area contributed by atoms with Gasteiger partial charge < -0.3 is 15.6 Å². The summed E-state index contributed by atoms with van der Waals surface area (Å²) in [4.78, 5) is 32.8. The molecule has 0 saturated heterocycles. The Balaban J connectivity index is 1.60. The highest BCUT2D eigenvalue weighted by molar-refractivity contribution is 6.01. The average molecular weight is 402 g/mol. The van der Waals surface area contributed by atoms with Crippen LogP contribution in [0.5, 0.6) is 0 Å². The molecule has 0 fully saturated rings. The van der Waals surface area contributed by atoms with Crippen LogP contribution in [0.3, 0.4) is 0 Å². The van der Waals surface area contributed by atoms with E-state index in [4.69, 9.17) is 0 Å². The third kappa shape index (κ3) is 4.35. The lowest BCUT2D eigenvalue weighted by Crippen LogP contribution is -2.45. The highest BCUT2D eigenvalue weighted by atomic mass is 19.1. The Labute approximate surface area is 172 Å². The van der Waals surface area contributed by atoms with Gasteiger partial charge in [-0.25, -0.2) is 4.39 Å². The Morgan fingerprint density at radius 2 is 1.83 bits per heavy atom. The van der Waals surface area contributed by atoms with Gasteiger partial charge in [0, 0.05) is 47.2 Å². The van der Waals surface area contributed by atoms with E-state index in [9.17, 15) is 14.0 Å². The smallest absolute Gasteiger partial charge is 0.252 e. The normalized spacial score (nSPS) is 11.8. The van der Waals surface area contributed by atoms with Gasteiger partial charge in [-0.15, -0.1) is 0 Å². The second kappa shape index (κ2) is 8.57. The van der Waals surface area contributed by atoms with E-state index in [1.807, 2.05) is 30.5 Å². The van der Waals surface area contributed by atoms with Gasteiger partial charge in [0.1, 0.15) is 11.9 Å². The lowest BCUT2D eigenvalue weighted by molar-refractivity contribution is -0.118. The summed E-state index contributed by atoms with van der Waals surface area (Å²) in [6.45, 7) is 0. The van der Waals surface area contributed by atoms with Crippen LogP contribution in [0.25, 0.3) is 10.9 Å².